The van der Waals surface area contributed by atoms with Gasteiger partial charge < -0.3 is 20.1 Å². The van der Waals surface area contributed by atoms with Crippen LogP contribution in [-0.4, -0.2) is 51.5 Å². The van der Waals surface area contributed by atoms with Crippen LogP contribution >= 0.6 is 24.0 Å². The van der Waals surface area contributed by atoms with Crippen LogP contribution in [0, 0.1) is 0 Å². The molecule has 2 rings (SSSR count). The summed E-state index contributed by atoms with van der Waals surface area (Å²) in [5.41, 5.74) is 2.80. The fourth-order valence-corrected chi connectivity index (χ4v) is 3.26. The molecule has 166 valence electrons. The van der Waals surface area contributed by atoms with Crippen molar-refractivity contribution in [3.63, 3.8) is 0 Å². The van der Waals surface area contributed by atoms with Gasteiger partial charge in [-0.2, -0.15) is 0 Å². The second-order valence-electron chi connectivity index (χ2n) is 7.72. The summed E-state index contributed by atoms with van der Waals surface area (Å²) in [5.74, 6) is 1.50. The lowest BCUT2D eigenvalue weighted by molar-refractivity contribution is -0.0320. The Hall–Kier alpha value is -0.860. The molecule has 1 aliphatic rings. The van der Waals surface area contributed by atoms with Crippen LogP contribution in [0.25, 0.3) is 0 Å². The zero-order valence-corrected chi connectivity index (χ0v) is 20.7. The molecule has 1 saturated heterocycles. The summed E-state index contributed by atoms with van der Waals surface area (Å²) in [7, 11) is 0. The average molecular weight is 517 g/mol. The number of ether oxygens (including phenoxy) is 2. The van der Waals surface area contributed by atoms with E-state index < -0.39 is 0 Å². The van der Waals surface area contributed by atoms with E-state index in [1.54, 1.807) is 0 Å². The van der Waals surface area contributed by atoms with Crippen LogP contribution in [0.15, 0.2) is 29.3 Å². The van der Waals surface area contributed by atoms with Crippen LogP contribution in [0.4, 0.5) is 0 Å². The van der Waals surface area contributed by atoms with E-state index in [1.807, 2.05) is 0 Å². The number of hydrogen-bond donors (Lipinski definition) is 2. The number of hydrogen-bond acceptors (Lipinski definition) is 3. The zero-order valence-electron chi connectivity index (χ0n) is 18.4. The lowest BCUT2D eigenvalue weighted by Gasteiger charge is -2.22. The molecule has 5 nitrogen and oxygen atoms in total. The van der Waals surface area contributed by atoms with Gasteiger partial charge in [0.15, 0.2) is 5.96 Å². The summed E-state index contributed by atoms with van der Waals surface area (Å²) in [5, 5.41) is 6.73. The Kier molecular flexibility index (Phi) is 14.4. The van der Waals surface area contributed by atoms with Crippen molar-refractivity contribution in [1.82, 2.24) is 10.6 Å². The van der Waals surface area contributed by atoms with E-state index in [4.69, 9.17) is 14.5 Å². The van der Waals surface area contributed by atoms with Gasteiger partial charge in [0.05, 0.1) is 6.10 Å². The van der Waals surface area contributed by atoms with Crippen molar-refractivity contribution in [1.29, 1.82) is 0 Å². The molecule has 1 aliphatic heterocycles. The molecule has 0 radical (unpaired) electrons. The minimum atomic E-state index is 0. The minimum Gasteiger partial charge on any atom is -0.381 e. The fourth-order valence-electron chi connectivity index (χ4n) is 3.26. The molecular formula is C23H40IN3O2. The third-order valence-corrected chi connectivity index (χ3v) is 5.02. The van der Waals surface area contributed by atoms with Crippen molar-refractivity contribution in [3.05, 3.63) is 35.4 Å². The molecule has 29 heavy (non-hydrogen) atoms. The molecule has 0 spiro atoms. The standard InChI is InChI=1S/C23H39N3O2.HI/c1-4-24-23(26-15-6-16-28-22-12-17-27-18-13-22)25-14-5-7-20-8-10-21(11-9-20)19(2)3;/h8-11,19,22H,4-7,12-18H2,1-3H3,(H2,24,25,26);1H. The monoisotopic (exact) mass is 517 g/mol. The Morgan fingerprint density at radius 2 is 1.86 bits per heavy atom. The normalized spacial score (nSPS) is 15.2. The number of guanidine groups is 1. The molecule has 0 aliphatic carbocycles. The van der Waals surface area contributed by atoms with Crippen LogP contribution in [0.5, 0.6) is 0 Å². The summed E-state index contributed by atoms with van der Waals surface area (Å²) >= 11 is 0. The molecule has 0 atom stereocenters. The van der Waals surface area contributed by atoms with Crippen molar-refractivity contribution in [2.24, 2.45) is 4.99 Å². The Labute approximate surface area is 194 Å². The highest BCUT2D eigenvalue weighted by Crippen LogP contribution is 2.15. The maximum atomic E-state index is 5.92. The highest BCUT2D eigenvalue weighted by Gasteiger charge is 2.13. The summed E-state index contributed by atoms with van der Waals surface area (Å²) < 4.78 is 11.3. The van der Waals surface area contributed by atoms with E-state index in [-0.39, 0.29) is 24.0 Å². The van der Waals surface area contributed by atoms with Gasteiger partial charge in [-0.25, -0.2) is 0 Å². The Bertz CT molecular complexity index is 558. The first-order valence-electron chi connectivity index (χ1n) is 11.0. The zero-order chi connectivity index (χ0) is 20.0. The summed E-state index contributed by atoms with van der Waals surface area (Å²) in [4.78, 5) is 4.70. The van der Waals surface area contributed by atoms with Crippen molar-refractivity contribution in [2.45, 2.75) is 64.9 Å². The van der Waals surface area contributed by atoms with Gasteiger partial charge in [-0.15, -0.1) is 24.0 Å². The SMILES string of the molecule is CCNC(=NCCCc1ccc(C(C)C)cc1)NCCCOC1CCOCC1.I. The van der Waals surface area contributed by atoms with Crippen LogP contribution in [0.2, 0.25) is 0 Å². The minimum absolute atomic E-state index is 0. The number of rotatable bonds is 11. The number of benzene rings is 1. The quantitative estimate of drug-likeness (QED) is 0.197. The van der Waals surface area contributed by atoms with Gasteiger partial charge in [0, 0.05) is 39.5 Å². The third kappa shape index (κ3) is 11.2. The lowest BCUT2D eigenvalue weighted by atomic mass is 10.0. The van der Waals surface area contributed by atoms with Gasteiger partial charge in [-0.3, -0.25) is 4.99 Å². The number of aryl methyl sites for hydroxylation is 1. The molecule has 0 saturated carbocycles. The molecule has 6 heteroatoms. The number of nitrogens with one attached hydrogen (secondary N) is 2. The van der Waals surface area contributed by atoms with Gasteiger partial charge in [0.25, 0.3) is 0 Å². The summed E-state index contributed by atoms with van der Waals surface area (Å²) in [6, 6.07) is 9.00. The van der Waals surface area contributed by atoms with Gasteiger partial charge in [-0.1, -0.05) is 38.1 Å². The van der Waals surface area contributed by atoms with Crippen molar-refractivity contribution >= 4 is 29.9 Å². The Morgan fingerprint density at radius 1 is 1.14 bits per heavy atom. The molecule has 1 heterocycles. The molecule has 0 aromatic heterocycles. The Balaban J connectivity index is 0.00000420. The van der Waals surface area contributed by atoms with Gasteiger partial charge in [-0.05, 0) is 56.1 Å². The molecule has 1 aromatic rings. The predicted molar refractivity (Wildman–Crippen MR) is 133 cm³/mol. The van der Waals surface area contributed by atoms with Crippen molar-refractivity contribution in [3.8, 4) is 0 Å². The van der Waals surface area contributed by atoms with Crippen LogP contribution < -0.4 is 10.6 Å². The molecule has 0 amide bonds. The van der Waals surface area contributed by atoms with Gasteiger partial charge in [0.2, 0.25) is 0 Å². The lowest BCUT2D eigenvalue weighted by Crippen LogP contribution is -2.38. The number of aliphatic imine (C=N–C) groups is 1. The molecule has 0 unspecified atom stereocenters. The maximum Gasteiger partial charge on any atom is 0.191 e. The highest BCUT2D eigenvalue weighted by atomic mass is 127. The number of halogens is 1. The summed E-state index contributed by atoms with van der Waals surface area (Å²) in [6.07, 6.45) is 5.55. The van der Waals surface area contributed by atoms with Crippen molar-refractivity contribution < 1.29 is 9.47 Å². The fraction of sp³-hybridized carbons (Fsp3) is 0.696. The predicted octanol–water partition coefficient (Wildman–Crippen LogP) is 4.50. The van der Waals surface area contributed by atoms with Gasteiger partial charge >= 0.3 is 0 Å². The molecule has 1 fully saturated rings. The third-order valence-electron chi connectivity index (χ3n) is 5.02. The summed E-state index contributed by atoms with van der Waals surface area (Å²) in [6.45, 7) is 11.6. The van der Waals surface area contributed by atoms with Crippen molar-refractivity contribution in [2.75, 3.05) is 39.5 Å². The van der Waals surface area contributed by atoms with Crippen LogP contribution in [0.1, 0.15) is 63.5 Å². The van der Waals surface area contributed by atoms with Crippen LogP contribution in [-0.2, 0) is 15.9 Å². The first kappa shape index (κ1) is 26.2. The topological polar surface area (TPSA) is 54.9 Å². The maximum absolute atomic E-state index is 5.92. The van der Waals surface area contributed by atoms with Crippen LogP contribution in [0.3, 0.4) is 0 Å². The van der Waals surface area contributed by atoms with E-state index in [1.165, 1.54) is 11.1 Å². The molecule has 1 aromatic carbocycles. The molecule has 0 bridgehead atoms. The van der Waals surface area contributed by atoms with E-state index in [9.17, 15) is 0 Å². The second kappa shape index (κ2) is 15.9. The smallest absolute Gasteiger partial charge is 0.191 e. The van der Waals surface area contributed by atoms with E-state index in [2.05, 4.69) is 55.7 Å². The van der Waals surface area contributed by atoms with E-state index >= 15 is 0 Å². The first-order chi connectivity index (χ1) is 13.7. The second-order valence-corrected chi connectivity index (χ2v) is 7.72. The number of nitrogens with zero attached hydrogens (tertiary/aromatic N) is 1. The van der Waals surface area contributed by atoms with Gasteiger partial charge in [0.1, 0.15) is 0 Å². The Morgan fingerprint density at radius 3 is 2.52 bits per heavy atom. The first-order valence-corrected chi connectivity index (χ1v) is 11.0. The highest BCUT2D eigenvalue weighted by molar-refractivity contribution is 14.0. The molecular weight excluding hydrogens is 477 g/mol. The molecule has 2 N–H and O–H groups in total. The van der Waals surface area contributed by atoms with E-state index in [0.29, 0.717) is 12.0 Å². The van der Waals surface area contributed by atoms with E-state index in [0.717, 1.165) is 77.5 Å². The average Bonchev–Trinajstić information content (AvgIpc) is 2.72. The largest absolute Gasteiger partial charge is 0.381 e.